The van der Waals surface area contributed by atoms with Crippen LogP contribution in [0.25, 0.3) is 0 Å². The lowest BCUT2D eigenvalue weighted by atomic mass is 10.4. The molecular formula is C14H33IN4O3S. The molecule has 0 radical (unpaired) electrons. The molecule has 0 atom stereocenters. The third kappa shape index (κ3) is 16.5. The molecule has 0 spiro atoms. The number of hydrogen-bond donors (Lipinski definition) is 3. The van der Waals surface area contributed by atoms with Gasteiger partial charge in [0.1, 0.15) is 0 Å². The van der Waals surface area contributed by atoms with Gasteiger partial charge < -0.3 is 15.4 Å². The highest BCUT2D eigenvalue weighted by Gasteiger charge is 2.04. The van der Waals surface area contributed by atoms with E-state index in [-0.39, 0.29) is 29.7 Å². The molecule has 3 N–H and O–H groups in total. The lowest BCUT2D eigenvalue weighted by molar-refractivity contribution is 0.130. The average Bonchev–Trinajstić information content (AvgIpc) is 2.50. The second-order valence-electron chi connectivity index (χ2n) is 4.80. The first-order valence-electron chi connectivity index (χ1n) is 8.13. The zero-order valence-corrected chi connectivity index (χ0v) is 17.7. The van der Waals surface area contributed by atoms with Gasteiger partial charge in [-0.3, -0.25) is 4.99 Å². The Morgan fingerprint density at radius 2 is 1.74 bits per heavy atom. The van der Waals surface area contributed by atoms with Gasteiger partial charge in [-0.15, -0.1) is 24.0 Å². The summed E-state index contributed by atoms with van der Waals surface area (Å²) in [5.74, 6) is 0.797. The molecule has 0 aromatic heterocycles. The zero-order chi connectivity index (χ0) is 16.7. The first-order chi connectivity index (χ1) is 10.6. The summed E-state index contributed by atoms with van der Waals surface area (Å²) in [4.78, 5) is 4.42. The maximum atomic E-state index is 11.3. The summed E-state index contributed by atoms with van der Waals surface area (Å²) in [7, 11) is -3.13. The molecule has 0 aliphatic carbocycles. The van der Waals surface area contributed by atoms with Crippen molar-refractivity contribution in [2.24, 2.45) is 4.99 Å². The normalized spacial score (nSPS) is 11.9. The van der Waals surface area contributed by atoms with Crippen molar-refractivity contribution in [3.05, 3.63) is 0 Å². The summed E-state index contributed by atoms with van der Waals surface area (Å²) in [6, 6.07) is 0. The van der Waals surface area contributed by atoms with Crippen molar-refractivity contribution in [1.82, 2.24) is 15.4 Å². The monoisotopic (exact) mass is 464 g/mol. The highest BCUT2D eigenvalue weighted by Crippen LogP contribution is 1.90. The van der Waals surface area contributed by atoms with Gasteiger partial charge in [-0.1, -0.05) is 13.3 Å². The second kappa shape index (κ2) is 16.7. The van der Waals surface area contributed by atoms with Crippen LogP contribution in [0, 0.1) is 0 Å². The molecule has 0 saturated carbocycles. The number of nitrogens with zero attached hydrogens (tertiary/aromatic N) is 1. The van der Waals surface area contributed by atoms with Crippen LogP contribution in [-0.2, 0) is 14.8 Å². The second-order valence-corrected chi connectivity index (χ2v) is 6.90. The van der Waals surface area contributed by atoms with Gasteiger partial charge in [0.15, 0.2) is 5.96 Å². The quantitative estimate of drug-likeness (QED) is 0.166. The molecule has 0 saturated heterocycles. The Morgan fingerprint density at radius 1 is 1.04 bits per heavy atom. The maximum absolute atomic E-state index is 11.3. The van der Waals surface area contributed by atoms with Crippen LogP contribution < -0.4 is 15.4 Å². The Morgan fingerprint density at radius 3 is 2.35 bits per heavy atom. The standard InChI is InChI=1S/C14H32N4O3S.HI/c1-4-7-12-21-13-8-9-16-14(15-5-2)17-10-11-18-22(19,20)6-3;/h18H,4-13H2,1-3H3,(H2,15,16,17);1H. The minimum atomic E-state index is -3.13. The van der Waals surface area contributed by atoms with Gasteiger partial charge in [-0.2, -0.15) is 0 Å². The fraction of sp³-hybridized carbons (Fsp3) is 0.929. The van der Waals surface area contributed by atoms with Gasteiger partial charge >= 0.3 is 0 Å². The molecule has 0 aliphatic heterocycles. The van der Waals surface area contributed by atoms with E-state index in [2.05, 4.69) is 27.3 Å². The number of sulfonamides is 1. The van der Waals surface area contributed by atoms with Crippen molar-refractivity contribution < 1.29 is 13.2 Å². The van der Waals surface area contributed by atoms with E-state index in [1.807, 2.05) is 6.92 Å². The molecule has 0 aromatic carbocycles. The van der Waals surface area contributed by atoms with E-state index in [0.717, 1.165) is 39.0 Å². The van der Waals surface area contributed by atoms with Gasteiger partial charge in [0.2, 0.25) is 10.0 Å². The summed E-state index contributed by atoms with van der Waals surface area (Å²) >= 11 is 0. The molecule has 23 heavy (non-hydrogen) atoms. The lowest BCUT2D eigenvalue weighted by Gasteiger charge is -2.11. The molecule has 0 fully saturated rings. The Bertz CT molecular complexity index is 391. The molecule has 0 amide bonds. The largest absolute Gasteiger partial charge is 0.381 e. The number of ether oxygens (including phenoxy) is 1. The molecular weight excluding hydrogens is 431 g/mol. The van der Waals surface area contributed by atoms with Crippen LogP contribution in [-0.4, -0.2) is 59.5 Å². The topological polar surface area (TPSA) is 91.8 Å². The molecule has 0 rings (SSSR count). The van der Waals surface area contributed by atoms with E-state index in [0.29, 0.717) is 25.6 Å². The van der Waals surface area contributed by atoms with Crippen molar-refractivity contribution in [2.45, 2.75) is 40.0 Å². The van der Waals surface area contributed by atoms with Crippen LogP contribution >= 0.6 is 24.0 Å². The lowest BCUT2D eigenvalue weighted by Crippen LogP contribution is -2.41. The number of rotatable bonds is 13. The Hall–Kier alpha value is -0.130. The van der Waals surface area contributed by atoms with E-state index in [1.54, 1.807) is 6.92 Å². The number of guanidine groups is 1. The van der Waals surface area contributed by atoms with Gasteiger partial charge in [-0.05, 0) is 26.7 Å². The predicted octanol–water partition coefficient (Wildman–Crippen LogP) is 1.31. The zero-order valence-electron chi connectivity index (χ0n) is 14.6. The van der Waals surface area contributed by atoms with Crippen LogP contribution in [0.15, 0.2) is 4.99 Å². The number of nitrogens with one attached hydrogen (secondary N) is 3. The van der Waals surface area contributed by atoms with E-state index in [4.69, 9.17) is 4.74 Å². The van der Waals surface area contributed by atoms with E-state index < -0.39 is 10.0 Å². The van der Waals surface area contributed by atoms with Crippen LogP contribution in [0.1, 0.15) is 40.0 Å². The van der Waals surface area contributed by atoms with Crippen molar-refractivity contribution in [3.63, 3.8) is 0 Å². The Balaban J connectivity index is 0. The fourth-order valence-corrected chi connectivity index (χ4v) is 2.15. The first kappa shape index (κ1) is 25.1. The predicted molar refractivity (Wildman–Crippen MR) is 107 cm³/mol. The minimum Gasteiger partial charge on any atom is -0.381 e. The summed E-state index contributed by atoms with van der Waals surface area (Å²) in [6.45, 7) is 9.58. The molecule has 9 heteroatoms. The minimum absolute atomic E-state index is 0. The SMILES string of the molecule is CCCCOCCCN=C(NCC)NCCNS(=O)(=O)CC.I. The summed E-state index contributed by atoms with van der Waals surface area (Å²) in [5, 5.41) is 6.23. The molecule has 0 unspecified atom stereocenters. The van der Waals surface area contributed by atoms with Gasteiger partial charge in [0, 0.05) is 39.4 Å². The van der Waals surface area contributed by atoms with E-state index in [1.165, 1.54) is 0 Å². The van der Waals surface area contributed by atoms with Gasteiger partial charge in [0.05, 0.1) is 5.75 Å². The fourth-order valence-electron chi connectivity index (χ4n) is 1.54. The average molecular weight is 464 g/mol. The number of halogens is 1. The van der Waals surface area contributed by atoms with Crippen LogP contribution in [0.2, 0.25) is 0 Å². The molecule has 0 heterocycles. The number of aliphatic imine (C=N–C) groups is 1. The van der Waals surface area contributed by atoms with E-state index >= 15 is 0 Å². The molecule has 140 valence electrons. The van der Waals surface area contributed by atoms with Gasteiger partial charge in [0.25, 0.3) is 0 Å². The summed E-state index contributed by atoms with van der Waals surface area (Å²) in [6.07, 6.45) is 3.12. The third-order valence-corrected chi connectivity index (χ3v) is 4.23. The molecule has 0 bridgehead atoms. The van der Waals surface area contributed by atoms with Crippen LogP contribution in [0.3, 0.4) is 0 Å². The summed E-state index contributed by atoms with van der Waals surface area (Å²) in [5.41, 5.74) is 0. The maximum Gasteiger partial charge on any atom is 0.211 e. The number of unbranched alkanes of at least 4 members (excludes halogenated alkanes) is 1. The third-order valence-electron chi connectivity index (χ3n) is 2.82. The van der Waals surface area contributed by atoms with Crippen molar-refractivity contribution in [3.8, 4) is 0 Å². The van der Waals surface area contributed by atoms with Crippen molar-refractivity contribution in [2.75, 3.05) is 45.1 Å². The summed E-state index contributed by atoms with van der Waals surface area (Å²) < 4.78 is 30.6. The van der Waals surface area contributed by atoms with Crippen LogP contribution in [0.5, 0.6) is 0 Å². The molecule has 7 nitrogen and oxygen atoms in total. The number of hydrogen-bond acceptors (Lipinski definition) is 4. The van der Waals surface area contributed by atoms with Crippen LogP contribution in [0.4, 0.5) is 0 Å². The Labute approximate surface area is 158 Å². The van der Waals surface area contributed by atoms with Crippen molar-refractivity contribution in [1.29, 1.82) is 0 Å². The highest BCUT2D eigenvalue weighted by molar-refractivity contribution is 14.0. The Kier molecular flexibility index (Phi) is 18.3. The molecule has 0 aromatic rings. The molecule has 0 aliphatic rings. The smallest absolute Gasteiger partial charge is 0.211 e. The van der Waals surface area contributed by atoms with Crippen molar-refractivity contribution >= 4 is 40.0 Å². The van der Waals surface area contributed by atoms with Gasteiger partial charge in [-0.25, -0.2) is 13.1 Å². The first-order valence-corrected chi connectivity index (χ1v) is 9.78. The van der Waals surface area contributed by atoms with E-state index in [9.17, 15) is 8.42 Å². The highest BCUT2D eigenvalue weighted by atomic mass is 127.